The Morgan fingerprint density at radius 2 is 1.86 bits per heavy atom. The number of amides is 1. The highest BCUT2D eigenvalue weighted by Gasteiger charge is 2.40. The van der Waals surface area contributed by atoms with E-state index in [0.717, 1.165) is 37.2 Å². The van der Waals surface area contributed by atoms with Crippen molar-refractivity contribution in [3.8, 4) is 5.75 Å². The van der Waals surface area contributed by atoms with Crippen LogP contribution in [0.4, 0.5) is 8.78 Å². The molecule has 2 bridgehead atoms. The van der Waals surface area contributed by atoms with Gasteiger partial charge in [-0.3, -0.25) is 9.69 Å². The SMILES string of the molecule is O=C(c1ccccc1)N1CC(CNCc2ccc(OC(F)F)cc2)N2CCC1C2. The van der Waals surface area contributed by atoms with Crippen molar-refractivity contribution in [2.24, 2.45) is 0 Å². The molecule has 2 aliphatic rings. The summed E-state index contributed by atoms with van der Waals surface area (Å²) in [6.45, 7) is 1.23. The highest BCUT2D eigenvalue weighted by atomic mass is 19.3. The molecule has 7 heteroatoms. The van der Waals surface area contributed by atoms with Crippen LogP contribution in [0.1, 0.15) is 22.3 Å². The summed E-state index contributed by atoms with van der Waals surface area (Å²) >= 11 is 0. The summed E-state index contributed by atoms with van der Waals surface area (Å²) in [5.41, 5.74) is 1.74. The molecule has 0 radical (unpaired) electrons. The molecule has 0 aromatic heterocycles. The lowest BCUT2D eigenvalue weighted by atomic mass is 10.1. The lowest BCUT2D eigenvalue weighted by Gasteiger charge is -2.40. The van der Waals surface area contributed by atoms with Crippen LogP contribution >= 0.6 is 0 Å². The van der Waals surface area contributed by atoms with Gasteiger partial charge in [-0.15, -0.1) is 0 Å². The zero-order valence-corrected chi connectivity index (χ0v) is 16.1. The molecule has 4 rings (SSSR count). The summed E-state index contributed by atoms with van der Waals surface area (Å²) in [6, 6.07) is 16.7. The third kappa shape index (κ3) is 4.74. The van der Waals surface area contributed by atoms with Crippen molar-refractivity contribution in [2.75, 3.05) is 26.2 Å². The van der Waals surface area contributed by atoms with E-state index in [1.165, 1.54) is 0 Å². The first-order valence-electron chi connectivity index (χ1n) is 9.94. The largest absolute Gasteiger partial charge is 0.435 e. The van der Waals surface area contributed by atoms with Crippen molar-refractivity contribution < 1.29 is 18.3 Å². The fraction of sp³-hybridized carbons (Fsp3) is 0.409. The van der Waals surface area contributed by atoms with E-state index in [4.69, 9.17) is 0 Å². The molecule has 0 saturated carbocycles. The molecule has 5 nitrogen and oxygen atoms in total. The summed E-state index contributed by atoms with van der Waals surface area (Å²) in [4.78, 5) is 17.4. The zero-order valence-electron chi connectivity index (χ0n) is 16.1. The molecule has 2 aromatic carbocycles. The van der Waals surface area contributed by atoms with Crippen LogP contribution in [-0.4, -0.2) is 60.6 Å². The molecule has 2 aliphatic heterocycles. The maximum atomic E-state index is 13.0. The lowest BCUT2D eigenvalue weighted by molar-refractivity contribution is -0.0498. The zero-order chi connectivity index (χ0) is 20.2. The predicted octanol–water partition coefficient (Wildman–Crippen LogP) is 2.98. The smallest absolute Gasteiger partial charge is 0.387 e. The minimum Gasteiger partial charge on any atom is -0.435 e. The number of piperazine rings is 1. The fourth-order valence-corrected chi connectivity index (χ4v) is 4.21. The molecule has 2 heterocycles. The molecule has 3 atom stereocenters. The monoisotopic (exact) mass is 401 g/mol. The summed E-state index contributed by atoms with van der Waals surface area (Å²) < 4.78 is 28.8. The first kappa shape index (κ1) is 19.8. The third-order valence-electron chi connectivity index (χ3n) is 5.70. The normalized spacial score (nSPS) is 23.4. The lowest BCUT2D eigenvalue weighted by Crippen LogP contribution is -2.57. The number of halogens is 2. The number of rotatable bonds is 7. The van der Waals surface area contributed by atoms with Gasteiger partial charge in [0.1, 0.15) is 5.75 Å². The van der Waals surface area contributed by atoms with Gasteiger partial charge in [0.15, 0.2) is 0 Å². The first-order chi connectivity index (χ1) is 14.1. The van der Waals surface area contributed by atoms with E-state index in [0.29, 0.717) is 19.1 Å². The quantitative estimate of drug-likeness (QED) is 0.775. The Balaban J connectivity index is 1.32. The van der Waals surface area contributed by atoms with E-state index in [1.807, 2.05) is 35.2 Å². The number of ether oxygens (including phenoxy) is 1. The molecule has 29 heavy (non-hydrogen) atoms. The van der Waals surface area contributed by atoms with E-state index in [2.05, 4.69) is 15.0 Å². The number of fused-ring (bicyclic) bond motifs is 2. The molecule has 3 unspecified atom stereocenters. The first-order valence-corrected chi connectivity index (χ1v) is 9.94. The van der Waals surface area contributed by atoms with Crippen LogP contribution in [0, 0.1) is 0 Å². The predicted molar refractivity (Wildman–Crippen MR) is 106 cm³/mol. The van der Waals surface area contributed by atoms with E-state index < -0.39 is 6.61 Å². The van der Waals surface area contributed by atoms with Crippen molar-refractivity contribution in [3.05, 3.63) is 65.7 Å². The molecular formula is C22H25F2N3O2. The van der Waals surface area contributed by atoms with E-state index in [-0.39, 0.29) is 17.7 Å². The van der Waals surface area contributed by atoms with Crippen molar-refractivity contribution in [3.63, 3.8) is 0 Å². The molecule has 2 aromatic rings. The number of nitrogens with one attached hydrogen (secondary N) is 1. The standard InChI is InChI=1S/C22H25F2N3O2/c23-22(24)29-20-8-6-16(7-9-20)12-25-13-19-15-27(18-10-11-26(19)14-18)21(28)17-4-2-1-3-5-17/h1-9,18-19,22,25H,10-15H2. The van der Waals surface area contributed by atoms with Gasteiger partial charge in [-0.1, -0.05) is 30.3 Å². The van der Waals surface area contributed by atoms with Crippen LogP contribution in [0.2, 0.25) is 0 Å². The minimum atomic E-state index is -2.81. The highest BCUT2D eigenvalue weighted by molar-refractivity contribution is 5.94. The number of hydrogen-bond donors (Lipinski definition) is 1. The number of nitrogens with zero attached hydrogens (tertiary/aromatic N) is 2. The number of alkyl halides is 2. The summed E-state index contributed by atoms with van der Waals surface area (Å²) in [5, 5.41) is 3.45. The maximum absolute atomic E-state index is 13.0. The van der Waals surface area contributed by atoms with Crippen molar-refractivity contribution >= 4 is 5.91 Å². The van der Waals surface area contributed by atoms with Gasteiger partial charge in [-0.25, -0.2) is 0 Å². The van der Waals surface area contributed by atoms with Crippen LogP contribution in [0.25, 0.3) is 0 Å². The number of benzene rings is 2. The van der Waals surface area contributed by atoms with Crippen molar-refractivity contribution in [1.82, 2.24) is 15.1 Å². The summed E-state index contributed by atoms with van der Waals surface area (Å²) in [6.07, 6.45) is 1.01. The molecular weight excluding hydrogens is 376 g/mol. The second-order valence-electron chi connectivity index (χ2n) is 7.57. The summed E-state index contributed by atoms with van der Waals surface area (Å²) in [7, 11) is 0. The molecule has 154 valence electrons. The van der Waals surface area contributed by atoms with Gasteiger partial charge in [0.05, 0.1) is 0 Å². The molecule has 0 aliphatic carbocycles. The van der Waals surface area contributed by atoms with Gasteiger partial charge >= 0.3 is 6.61 Å². The highest BCUT2D eigenvalue weighted by Crippen LogP contribution is 2.26. The maximum Gasteiger partial charge on any atom is 0.387 e. The van der Waals surface area contributed by atoms with Crippen LogP contribution in [-0.2, 0) is 6.54 Å². The minimum absolute atomic E-state index is 0.108. The Morgan fingerprint density at radius 1 is 1.10 bits per heavy atom. The van der Waals surface area contributed by atoms with Crippen LogP contribution in [0.5, 0.6) is 5.75 Å². The van der Waals surface area contributed by atoms with Crippen LogP contribution in [0.3, 0.4) is 0 Å². The second-order valence-corrected chi connectivity index (χ2v) is 7.57. The van der Waals surface area contributed by atoms with Gasteiger partial charge in [0.25, 0.3) is 5.91 Å². The third-order valence-corrected chi connectivity index (χ3v) is 5.70. The molecule has 2 fully saturated rings. The van der Waals surface area contributed by atoms with Gasteiger partial charge in [-0.2, -0.15) is 8.78 Å². The Hall–Kier alpha value is -2.51. The molecule has 2 saturated heterocycles. The molecule has 0 spiro atoms. The topological polar surface area (TPSA) is 44.8 Å². The van der Waals surface area contributed by atoms with Gasteiger partial charge in [-0.05, 0) is 36.2 Å². The second kappa shape index (κ2) is 8.88. The van der Waals surface area contributed by atoms with Gasteiger partial charge < -0.3 is 15.0 Å². The Morgan fingerprint density at radius 3 is 2.59 bits per heavy atom. The average Bonchev–Trinajstić information content (AvgIpc) is 3.15. The molecule has 1 amide bonds. The average molecular weight is 401 g/mol. The number of carbonyl (C=O) groups is 1. The number of carbonyl (C=O) groups excluding carboxylic acids is 1. The van der Waals surface area contributed by atoms with Crippen LogP contribution < -0.4 is 10.1 Å². The fourth-order valence-electron chi connectivity index (χ4n) is 4.21. The van der Waals surface area contributed by atoms with E-state index in [1.54, 1.807) is 24.3 Å². The Bertz CT molecular complexity index is 817. The number of hydrogen-bond acceptors (Lipinski definition) is 4. The van der Waals surface area contributed by atoms with E-state index >= 15 is 0 Å². The van der Waals surface area contributed by atoms with Crippen LogP contribution in [0.15, 0.2) is 54.6 Å². The van der Waals surface area contributed by atoms with E-state index in [9.17, 15) is 13.6 Å². The van der Waals surface area contributed by atoms with Crippen molar-refractivity contribution in [1.29, 1.82) is 0 Å². The summed E-state index contributed by atoms with van der Waals surface area (Å²) in [5.74, 6) is 0.269. The molecule has 1 N–H and O–H groups in total. The Kier molecular flexibility index (Phi) is 6.06. The van der Waals surface area contributed by atoms with Gasteiger partial charge in [0.2, 0.25) is 0 Å². The Labute approximate surface area is 169 Å². The van der Waals surface area contributed by atoms with Gasteiger partial charge in [0, 0.05) is 50.4 Å². The van der Waals surface area contributed by atoms with Crippen molar-refractivity contribution in [2.45, 2.75) is 31.7 Å².